The lowest BCUT2D eigenvalue weighted by Crippen LogP contribution is -2.24. The first kappa shape index (κ1) is 15.0. The zero-order chi connectivity index (χ0) is 13.5. The zero-order valence-corrected chi connectivity index (χ0v) is 12.3. The van der Waals surface area contributed by atoms with Crippen LogP contribution in [0, 0.1) is 0 Å². The number of nitrogens with two attached hydrogens (primary N) is 1. The van der Waals surface area contributed by atoms with E-state index in [4.69, 9.17) is 10.5 Å². The highest BCUT2D eigenvalue weighted by molar-refractivity contribution is 9.10. The van der Waals surface area contributed by atoms with E-state index < -0.39 is 0 Å². The van der Waals surface area contributed by atoms with E-state index in [0.717, 1.165) is 15.8 Å². The van der Waals surface area contributed by atoms with Gasteiger partial charge in [0.25, 0.3) is 0 Å². The molecule has 0 aliphatic carbocycles. The molecule has 1 aromatic rings. The first-order chi connectivity index (χ1) is 8.54. The Morgan fingerprint density at radius 3 is 2.89 bits per heavy atom. The molecule has 0 spiro atoms. The second-order valence-electron chi connectivity index (χ2n) is 4.02. The molecule has 0 saturated carbocycles. The van der Waals surface area contributed by atoms with E-state index in [0.29, 0.717) is 19.6 Å². The standard InChI is InChI=1S/C13H19BrN2O2/c1-3-16-13(17)6-7-18-12-8-10(14)4-5-11(12)9(2)15/h4-5,8-9H,3,6-7,15H2,1-2H3,(H,16,17). The number of ether oxygens (including phenoxy) is 1. The second kappa shape index (κ2) is 7.38. The Kier molecular flexibility index (Phi) is 6.15. The van der Waals surface area contributed by atoms with Gasteiger partial charge in [0.05, 0.1) is 13.0 Å². The molecule has 3 N–H and O–H groups in total. The van der Waals surface area contributed by atoms with Gasteiger partial charge in [-0.2, -0.15) is 0 Å². The van der Waals surface area contributed by atoms with Crippen LogP contribution in [0.5, 0.6) is 5.75 Å². The van der Waals surface area contributed by atoms with Gasteiger partial charge in [-0.3, -0.25) is 4.79 Å². The minimum atomic E-state index is -0.0995. The lowest BCUT2D eigenvalue weighted by atomic mass is 10.1. The molecule has 0 aliphatic rings. The molecular weight excluding hydrogens is 296 g/mol. The summed E-state index contributed by atoms with van der Waals surface area (Å²) in [6.45, 7) is 4.78. The van der Waals surface area contributed by atoms with Gasteiger partial charge < -0.3 is 15.8 Å². The van der Waals surface area contributed by atoms with Gasteiger partial charge in [-0.05, 0) is 26.0 Å². The molecule has 0 heterocycles. The summed E-state index contributed by atoms with van der Waals surface area (Å²) in [6, 6.07) is 5.62. The summed E-state index contributed by atoms with van der Waals surface area (Å²) in [5, 5.41) is 2.73. The largest absolute Gasteiger partial charge is 0.493 e. The van der Waals surface area contributed by atoms with E-state index in [1.54, 1.807) is 0 Å². The molecule has 100 valence electrons. The molecule has 0 aliphatic heterocycles. The summed E-state index contributed by atoms with van der Waals surface area (Å²) in [6.07, 6.45) is 0.346. The fraction of sp³-hybridized carbons (Fsp3) is 0.462. The molecule has 0 radical (unpaired) electrons. The third kappa shape index (κ3) is 4.66. The molecular formula is C13H19BrN2O2. The Balaban J connectivity index is 2.60. The van der Waals surface area contributed by atoms with Crippen LogP contribution < -0.4 is 15.8 Å². The number of halogens is 1. The van der Waals surface area contributed by atoms with Crippen molar-refractivity contribution >= 4 is 21.8 Å². The number of amides is 1. The Morgan fingerprint density at radius 1 is 1.56 bits per heavy atom. The van der Waals surface area contributed by atoms with Crippen LogP contribution >= 0.6 is 15.9 Å². The van der Waals surface area contributed by atoms with E-state index in [1.807, 2.05) is 32.0 Å². The van der Waals surface area contributed by atoms with E-state index in [2.05, 4.69) is 21.2 Å². The average Bonchev–Trinajstić information content (AvgIpc) is 2.29. The minimum Gasteiger partial charge on any atom is -0.493 e. The SMILES string of the molecule is CCNC(=O)CCOc1cc(Br)ccc1C(C)N. The number of hydrogen-bond donors (Lipinski definition) is 2. The number of benzene rings is 1. The molecule has 1 atom stereocenters. The zero-order valence-electron chi connectivity index (χ0n) is 10.7. The maximum Gasteiger partial charge on any atom is 0.223 e. The molecule has 0 aromatic heterocycles. The second-order valence-corrected chi connectivity index (χ2v) is 4.94. The monoisotopic (exact) mass is 314 g/mol. The number of carbonyl (C=O) groups is 1. The third-order valence-electron chi connectivity index (χ3n) is 2.43. The summed E-state index contributed by atoms with van der Waals surface area (Å²) in [7, 11) is 0. The van der Waals surface area contributed by atoms with Gasteiger partial charge in [-0.25, -0.2) is 0 Å². The van der Waals surface area contributed by atoms with Crippen molar-refractivity contribution in [3.63, 3.8) is 0 Å². The van der Waals surface area contributed by atoms with Crippen LogP contribution in [0.1, 0.15) is 31.9 Å². The van der Waals surface area contributed by atoms with Crippen molar-refractivity contribution in [1.29, 1.82) is 0 Å². The fourth-order valence-electron chi connectivity index (χ4n) is 1.55. The van der Waals surface area contributed by atoms with E-state index in [1.165, 1.54) is 0 Å². The maximum absolute atomic E-state index is 11.3. The molecule has 5 heteroatoms. The average molecular weight is 315 g/mol. The number of nitrogens with one attached hydrogen (secondary N) is 1. The highest BCUT2D eigenvalue weighted by atomic mass is 79.9. The Bertz CT molecular complexity index is 408. The molecule has 18 heavy (non-hydrogen) atoms. The summed E-state index contributed by atoms with van der Waals surface area (Å²) in [4.78, 5) is 11.3. The topological polar surface area (TPSA) is 64.3 Å². The van der Waals surface area contributed by atoms with Crippen LogP contribution in [0.3, 0.4) is 0 Å². The van der Waals surface area contributed by atoms with Crippen molar-refractivity contribution in [2.75, 3.05) is 13.2 Å². The van der Waals surface area contributed by atoms with Crippen molar-refractivity contribution in [2.24, 2.45) is 5.73 Å². The molecule has 4 nitrogen and oxygen atoms in total. The Labute approximate surface area is 116 Å². The van der Waals surface area contributed by atoms with Gasteiger partial charge in [0.2, 0.25) is 5.91 Å². The van der Waals surface area contributed by atoms with Crippen LogP contribution in [0.25, 0.3) is 0 Å². The van der Waals surface area contributed by atoms with Gasteiger partial charge in [0.15, 0.2) is 0 Å². The first-order valence-corrected chi connectivity index (χ1v) is 6.78. The minimum absolute atomic E-state index is 0.00477. The molecule has 1 amide bonds. The molecule has 0 saturated heterocycles. The van der Waals surface area contributed by atoms with Crippen molar-refractivity contribution in [1.82, 2.24) is 5.32 Å². The van der Waals surface area contributed by atoms with Crippen molar-refractivity contribution in [3.8, 4) is 5.75 Å². The molecule has 1 aromatic carbocycles. The normalized spacial score (nSPS) is 12.0. The lowest BCUT2D eigenvalue weighted by Gasteiger charge is -2.14. The van der Waals surface area contributed by atoms with Gasteiger partial charge in [0, 0.05) is 22.6 Å². The van der Waals surface area contributed by atoms with Crippen molar-refractivity contribution in [3.05, 3.63) is 28.2 Å². The maximum atomic E-state index is 11.3. The number of carbonyl (C=O) groups excluding carboxylic acids is 1. The quantitative estimate of drug-likeness (QED) is 0.847. The van der Waals surface area contributed by atoms with Crippen LogP contribution in [0.2, 0.25) is 0 Å². The van der Waals surface area contributed by atoms with Gasteiger partial charge in [-0.1, -0.05) is 22.0 Å². The molecule has 0 bridgehead atoms. The molecule has 1 unspecified atom stereocenters. The van der Waals surface area contributed by atoms with E-state index in [9.17, 15) is 4.79 Å². The summed E-state index contributed by atoms with van der Waals surface area (Å²) < 4.78 is 6.56. The van der Waals surface area contributed by atoms with E-state index >= 15 is 0 Å². The Morgan fingerprint density at radius 2 is 2.28 bits per heavy atom. The van der Waals surface area contributed by atoms with Gasteiger partial charge >= 0.3 is 0 Å². The summed E-state index contributed by atoms with van der Waals surface area (Å²) >= 11 is 3.39. The lowest BCUT2D eigenvalue weighted by molar-refractivity contribution is -0.121. The highest BCUT2D eigenvalue weighted by Crippen LogP contribution is 2.27. The molecule has 1 rings (SSSR count). The first-order valence-electron chi connectivity index (χ1n) is 5.99. The summed E-state index contributed by atoms with van der Waals surface area (Å²) in [5.41, 5.74) is 6.81. The van der Waals surface area contributed by atoms with Gasteiger partial charge in [0.1, 0.15) is 5.75 Å². The van der Waals surface area contributed by atoms with Crippen LogP contribution in [0.15, 0.2) is 22.7 Å². The highest BCUT2D eigenvalue weighted by Gasteiger charge is 2.09. The molecule has 0 fully saturated rings. The predicted octanol–water partition coefficient (Wildman–Crippen LogP) is 2.37. The summed E-state index contributed by atoms with van der Waals surface area (Å²) in [5.74, 6) is 0.721. The van der Waals surface area contributed by atoms with E-state index in [-0.39, 0.29) is 11.9 Å². The third-order valence-corrected chi connectivity index (χ3v) is 2.92. The number of hydrogen-bond acceptors (Lipinski definition) is 3. The van der Waals surface area contributed by atoms with Gasteiger partial charge in [-0.15, -0.1) is 0 Å². The van der Waals surface area contributed by atoms with Crippen LogP contribution in [-0.4, -0.2) is 19.1 Å². The van der Waals surface area contributed by atoms with Crippen molar-refractivity contribution in [2.45, 2.75) is 26.3 Å². The van der Waals surface area contributed by atoms with Crippen molar-refractivity contribution < 1.29 is 9.53 Å². The predicted molar refractivity (Wildman–Crippen MR) is 75.5 cm³/mol. The van der Waals surface area contributed by atoms with Crippen LogP contribution in [-0.2, 0) is 4.79 Å². The Hall–Kier alpha value is -1.07. The van der Waals surface area contributed by atoms with Crippen LogP contribution in [0.4, 0.5) is 0 Å². The fourth-order valence-corrected chi connectivity index (χ4v) is 1.89. The smallest absolute Gasteiger partial charge is 0.223 e. The number of rotatable bonds is 6.